The van der Waals surface area contributed by atoms with Crippen molar-refractivity contribution in [1.82, 2.24) is 4.57 Å². The number of esters is 1. The zero-order valence-corrected chi connectivity index (χ0v) is 24.8. The summed E-state index contributed by atoms with van der Waals surface area (Å²) in [4.78, 5) is 43.3. The molecule has 0 amide bonds. The van der Waals surface area contributed by atoms with Crippen LogP contribution >= 0.6 is 11.3 Å². The second kappa shape index (κ2) is 13.4. The molecule has 1 N–H and O–H groups in total. The number of carbonyl (C=O) groups excluding carboxylic acids is 1. The first-order chi connectivity index (χ1) is 20.2. The van der Waals surface area contributed by atoms with Gasteiger partial charge in [0.25, 0.3) is 5.56 Å². The van der Waals surface area contributed by atoms with Gasteiger partial charge in [-0.3, -0.25) is 9.36 Å². The molecule has 1 aliphatic rings. The number of nitrogens with zero attached hydrogens (tertiary/aromatic N) is 2. The van der Waals surface area contributed by atoms with E-state index in [4.69, 9.17) is 28.8 Å². The molecule has 2 aromatic carbocycles. The van der Waals surface area contributed by atoms with Gasteiger partial charge in [0.05, 0.1) is 43.2 Å². The molecule has 0 unspecified atom stereocenters. The Labute approximate surface area is 245 Å². The molecular weight excluding hydrogens is 564 g/mol. The number of carbonyl (C=O) groups is 2. The Morgan fingerprint density at radius 2 is 1.83 bits per heavy atom. The molecule has 42 heavy (non-hydrogen) atoms. The van der Waals surface area contributed by atoms with Crippen LogP contribution in [0.5, 0.6) is 23.0 Å². The van der Waals surface area contributed by atoms with Crippen LogP contribution in [0.25, 0.3) is 6.08 Å². The van der Waals surface area contributed by atoms with E-state index in [-0.39, 0.29) is 23.5 Å². The first-order valence-corrected chi connectivity index (χ1v) is 14.1. The van der Waals surface area contributed by atoms with Crippen molar-refractivity contribution in [3.05, 3.63) is 78.5 Å². The Hall–Kier alpha value is -4.58. The van der Waals surface area contributed by atoms with Gasteiger partial charge in [-0.2, -0.15) is 0 Å². The highest BCUT2D eigenvalue weighted by Crippen LogP contribution is 2.41. The van der Waals surface area contributed by atoms with Crippen LogP contribution in [0.4, 0.5) is 0 Å². The molecule has 0 fully saturated rings. The Bertz CT molecular complexity index is 1700. The molecule has 12 heteroatoms. The van der Waals surface area contributed by atoms with Gasteiger partial charge in [-0.15, -0.1) is 0 Å². The number of aliphatic carboxylic acids is 1. The zero-order valence-electron chi connectivity index (χ0n) is 24.0. The van der Waals surface area contributed by atoms with Crippen molar-refractivity contribution in [2.24, 2.45) is 4.99 Å². The van der Waals surface area contributed by atoms with E-state index in [0.717, 1.165) is 6.42 Å². The van der Waals surface area contributed by atoms with Crippen LogP contribution in [-0.4, -0.2) is 55.7 Å². The SMILES string of the molecule is CCCOc1c(OC)cccc1[C@H]1C(C(=O)OCC)=C(C)N=c2sc(=Cc3ccc(OCC(=O)O)c(OC)c3)c(=O)n21. The summed E-state index contributed by atoms with van der Waals surface area (Å²) in [5, 5.41) is 8.93. The number of benzene rings is 2. The molecule has 2 heterocycles. The standard InChI is InChI=1S/C30H32N2O9S/c1-6-13-40-27-19(9-8-10-21(27)37-4)26-25(29(36)39-7-2)17(3)31-30-32(26)28(35)23(42-30)15-18-11-12-20(22(14-18)38-5)41-16-24(33)34/h8-12,14-15,26H,6-7,13,16H2,1-5H3,(H,33,34)/t26-/m0/s1. The number of fused-ring (bicyclic) bond motifs is 1. The van der Waals surface area contributed by atoms with Gasteiger partial charge >= 0.3 is 11.9 Å². The lowest BCUT2D eigenvalue weighted by Crippen LogP contribution is -2.40. The van der Waals surface area contributed by atoms with E-state index in [2.05, 4.69) is 4.99 Å². The van der Waals surface area contributed by atoms with E-state index < -0.39 is 24.6 Å². The second-order valence-electron chi connectivity index (χ2n) is 9.12. The number of allylic oxidation sites excluding steroid dienone is 1. The average molecular weight is 597 g/mol. The fraction of sp³-hybridized carbons (Fsp3) is 0.333. The quantitative estimate of drug-likeness (QED) is 0.313. The van der Waals surface area contributed by atoms with Crippen LogP contribution in [0.3, 0.4) is 0 Å². The van der Waals surface area contributed by atoms with E-state index in [1.54, 1.807) is 56.3 Å². The smallest absolute Gasteiger partial charge is 0.341 e. The highest BCUT2D eigenvalue weighted by molar-refractivity contribution is 7.07. The number of thiazole rings is 1. The number of methoxy groups -OCH3 is 2. The van der Waals surface area contributed by atoms with Gasteiger partial charge in [0.1, 0.15) is 6.04 Å². The van der Waals surface area contributed by atoms with E-state index in [0.29, 0.717) is 50.0 Å². The summed E-state index contributed by atoms with van der Waals surface area (Å²) in [6.45, 7) is 5.44. The summed E-state index contributed by atoms with van der Waals surface area (Å²) in [5.74, 6) is -0.230. The van der Waals surface area contributed by atoms with Crippen molar-refractivity contribution in [3.63, 3.8) is 0 Å². The average Bonchev–Trinajstić information content (AvgIpc) is 3.28. The van der Waals surface area contributed by atoms with Crippen molar-refractivity contribution in [2.75, 3.05) is 34.0 Å². The molecule has 0 spiro atoms. The van der Waals surface area contributed by atoms with Crippen LogP contribution < -0.4 is 33.8 Å². The maximum Gasteiger partial charge on any atom is 0.341 e. The summed E-state index contributed by atoms with van der Waals surface area (Å²) < 4.78 is 29.6. The Morgan fingerprint density at radius 3 is 2.50 bits per heavy atom. The van der Waals surface area contributed by atoms with Crippen molar-refractivity contribution in [3.8, 4) is 23.0 Å². The fourth-order valence-corrected chi connectivity index (χ4v) is 5.58. The van der Waals surface area contributed by atoms with Gasteiger partial charge < -0.3 is 28.8 Å². The molecule has 0 bridgehead atoms. The molecule has 11 nitrogen and oxygen atoms in total. The third kappa shape index (κ3) is 6.18. The van der Waals surface area contributed by atoms with Crippen LogP contribution in [0, 0.1) is 0 Å². The Kier molecular flexibility index (Phi) is 9.68. The number of ether oxygens (including phenoxy) is 5. The molecule has 222 valence electrons. The number of rotatable bonds is 12. The van der Waals surface area contributed by atoms with Crippen molar-refractivity contribution in [2.45, 2.75) is 33.2 Å². The molecule has 4 rings (SSSR count). The maximum absolute atomic E-state index is 14.0. The molecule has 1 aliphatic heterocycles. The minimum absolute atomic E-state index is 0.151. The monoisotopic (exact) mass is 596 g/mol. The maximum atomic E-state index is 14.0. The first-order valence-electron chi connectivity index (χ1n) is 13.3. The number of aromatic nitrogens is 1. The van der Waals surface area contributed by atoms with Gasteiger partial charge in [0.15, 0.2) is 34.4 Å². The summed E-state index contributed by atoms with van der Waals surface area (Å²) in [6, 6.07) is 9.35. The Morgan fingerprint density at radius 1 is 1.07 bits per heavy atom. The Balaban J connectivity index is 1.92. The van der Waals surface area contributed by atoms with Crippen LogP contribution in [0.2, 0.25) is 0 Å². The first kappa shape index (κ1) is 30.4. The highest BCUT2D eigenvalue weighted by atomic mass is 32.1. The predicted molar refractivity (Wildman–Crippen MR) is 155 cm³/mol. The number of carboxylic acids is 1. The van der Waals surface area contributed by atoms with Crippen LogP contribution in [0.15, 0.2) is 57.5 Å². The van der Waals surface area contributed by atoms with Crippen molar-refractivity contribution >= 4 is 29.4 Å². The van der Waals surface area contributed by atoms with Crippen molar-refractivity contribution < 1.29 is 38.4 Å². The topological polar surface area (TPSA) is 135 Å². The molecule has 0 radical (unpaired) electrons. The van der Waals surface area contributed by atoms with Crippen molar-refractivity contribution in [1.29, 1.82) is 0 Å². The van der Waals surface area contributed by atoms with E-state index in [1.165, 1.54) is 30.1 Å². The third-order valence-electron chi connectivity index (χ3n) is 6.33. The summed E-state index contributed by atoms with van der Waals surface area (Å²) in [7, 11) is 2.97. The number of hydrogen-bond acceptors (Lipinski definition) is 10. The lowest BCUT2D eigenvalue weighted by molar-refractivity contribution is -0.140. The third-order valence-corrected chi connectivity index (χ3v) is 7.31. The fourth-order valence-electron chi connectivity index (χ4n) is 4.54. The van der Waals surface area contributed by atoms with E-state index in [1.807, 2.05) is 6.92 Å². The highest BCUT2D eigenvalue weighted by Gasteiger charge is 2.36. The molecule has 1 aromatic heterocycles. The summed E-state index contributed by atoms with van der Waals surface area (Å²) in [5.41, 5.74) is 1.47. The van der Waals surface area contributed by atoms with Gasteiger partial charge in [-0.05, 0) is 50.1 Å². The molecule has 0 saturated heterocycles. The minimum atomic E-state index is -1.12. The van der Waals surface area contributed by atoms with Gasteiger partial charge in [0.2, 0.25) is 0 Å². The molecule has 1 atom stereocenters. The molecule has 3 aromatic rings. The van der Waals surface area contributed by atoms with Crippen LogP contribution in [0.1, 0.15) is 44.4 Å². The normalized spacial score (nSPS) is 14.6. The number of para-hydroxylation sites is 1. The van der Waals surface area contributed by atoms with E-state index >= 15 is 0 Å². The lowest BCUT2D eigenvalue weighted by atomic mass is 9.94. The van der Waals surface area contributed by atoms with Gasteiger partial charge in [0, 0.05) is 5.56 Å². The lowest BCUT2D eigenvalue weighted by Gasteiger charge is -2.27. The molecule has 0 saturated carbocycles. The van der Waals surface area contributed by atoms with Gasteiger partial charge in [-0.1, -0.05) is 36.5 Å². The molecular formula is C30H32N2O9S. The largest absolute Gasteiger partial charge is 0.493 e. The minimum Gasteiger partial charge on any atom is -0.493 e. The second-order valence-corrected chi connectivity index (χ2v) is 10.1. The van der Waals surface area contributed by atoms with Crippen LogP contribution in [-0.2, 0) is 14.3 Å². The summed E-state index contributed by atoms with van der Waals surface area (Å²) in [6.07, 6.45) is 2.41. The number of carboxylic acid groups (broad SMARTS) is 1. The van der Waals surface area contributed by atoms with E-state index in [9.17, 15) is 14.4 Å². The number of hydrogen-bond donors (Lipinski definition) is 1. The zero-order chi connectivity index (χ0) is 30.4. The van der Waals surface area contributed by atoms with Gasteiger partial charge in [-0.25, -0.2) is 14.6 Å². The molecule has 0 aliphatic carbocycles. The summed E-state index contributed by atoms with van der Waals surface area (Å²) >= 11 is 1.17. The predicted octanol–water partition coefficient (Wildman–Crippen LogP) is 3.07.